The van der Waals surface area contributed by atoms with E-state index < -0.39 is 0 Å². The number of rotatable bonds is 5. The molecule has 1 fully saturated rings. The number of hydrogen-bond acceptors (Lipinski definition) is 3. The fourth-order valence-electron chi connectivity index (χ4n) is 2.13. The zero-order chi connectivity index (χ0) is 14.8. The van der Waals surface area contributed by atoms with Crippen LogP contribution in [0.25, 0.3) is 0 Å². The van der Waals surface area contributed by atoms with Crippen LogP contribution in [0.15, 0.2) is 18.2 Å². The number of phenols is 1. The molecule has 0 unspecified atom stereocenters. The minimum Gasteiger partial charge on any atom is -0.506 e. The first kappa shape index (κ1) is 14.9. The molecule has 6 heteroatoms. The van der Waals surface area contributed by atoms with Gasteiger partial charge in [0.15, 0.2) is 0 Å². The summed E-state index contributed by atoms with van der Waals surface area (Å²) in [6, 6.07) is 4.79. The molecular weight excluding hydrogens is 280 g/mol. The van der Waals surface area contributed by atoms with Gasteiger partial charge < -0.3 is 20.5 Å². The summed E-state index contributed by atoms with van der Waals surface area (Å²) in [5.41, 5.74) is 0.334. The van der Waals surface area contributed by atoms with Crippen molar-refractivity contribution in [2.75, 3.05) is 6.61 Å². The van der Waals surface area contributed by atoms with Gasteiger partial charge in [-0.2, -0.15) is 0 Å². The van der Waals surface area contributed by atoms with Crippen LogP contribution in [0.5, 0.6) is 5.75 Å². The number of carbonyl (C=O) groups is 1. The molecular formula is C14H19ClN2O3. The highest BCUT2D eigenvalue weighted by Crippen LogP contribution is 2.39. The lowest BCUT2D eigenvalue weighted by atomic mass is 10.2. The van der Waals surface area contributed by atoms with Crippen LogP contribution >= 0.6 is 11.6 Å². The van der Waals surface area contributed by atoms with Gasteiger partial charge >= 0.3 is 6.03 Å². The summed E-state index contributed by atoms with van der Waals surface area (Å²) < 4.78 is 5.55. The number of aromatic hydroxyl groups is 1. The number of amides is 2. The molecule has 1 aliphatic carbocycles. The summed E-state index contributed by atoms with van der Waals surface area (Å²) in [6.45, 7) is 4.76. The van der Waals surface area contributed by atoms with Crippen molar-refractivity contribution in [3.05, 3.63) is 28.8 Å². The Morgan fingerprint density at radius 3 is 3.05 bits per heavy atom. The first-order valence-corrected chi connectivity index (χ1v) is 6.98. The molecule has 0 bridgehead atoms. The lowest BCUT2D eigenvalue weighted by Crippen LogP contribution is -2.39. The fourth-order valence-corrected chi connectivity index (χ4v) is 2.32. The third kappa shape index (κ3) is 3.35. The second-order valence-corrected chi connectivity index (χ2v) is 5.48. The number of halogens is 1. The second-order valence-electron chi connectivity index (χ2n) is 5.08. The quantitative estimate of drug-likeness (QED) is 0.782. The average molecular weight is 299 g/mol. The van der Waals surface area contributed by atoms with E-state index in [4.69, 9.17) is 16.3 Å². The third-order valence-electron chi connectivity index (χ3n) is 3.48. The topological polar surface area (TPSA) is 70.6 Å². The van der Waals surface area contributed by atoms with Crippen LogP contribution in [0.1, 0.15) is 25.8 Å². The van der Waals surface area contributed by atoms with E-state index >= 15 is 0 Å². The molecule has 2 atom stereocenters. The van der Waals surface area contributed by atoms with Gasteiger partial charge in [0.1, 0.15) is 5.75 Å². The van der Waals surface area contributed by atoms with Crippen LogP contribution in [0.4, 0.5) is 4.79 Å². The maximum atomic E-state index is 11.8. The molecule has 0 spiro atoms. The first-order chi connectivity index (χ1) is 9.46. The van der Waals surface area contributed by atoms with Gasteiger partial charge in [0.05, 0.1) is 16.7 Å². The molecule has 2 rings (SSSR count). The highest BCUT2D eigenvalue weighted by atomic mass is 35.5. The van der Waals surface area contributed by atoms with Gasteiger partial charge in [-0.05, 0) is 19.9 Å². The lowest BCUT2D eigenvalue weighted by Gasteiger charge is -2.13. The Kier molecular flexibility index (Phi) is 4.40. The van der Waals surface area contributed by atoms with Crippen molar-refractivity contribution < 1.29 is 14.6 Å². The van der Waals surface area contributed by atoms with E-state index in [1.807, 2.05) is 13.8 Å². The highest BCUT2D eigenvalue weighted by Gasteiger charge is 2.52. The maximum absolute atomic E-state index is 11.8. The van der Waals surface area contributed by atoms with Crippen LogP contribution in [0.3, 0.4) is 0 Å². The van der Waals surface area contributed by atoms with Crippen LogP contribution in [0, 0.1) is 0 Å². The van der Waals surface area contributed by atoms with Crippen molar-refractivity contribution in [2.24, 2.45) is 0 Å². The van der Waals surface area contributed by atoms with Crippen molar-refractivity contribution in [3.8, 4) is 5.75 Å². The van der Waals surface area contributed by atoms with Crippen molar-refractivity contribution in [1.29, 1.82) is 0 Å². The number of ether oxygens (including phenoxy) is 1. The number of urea groups is 1. The van der Waals surface area contributed by atoms with Gasteiger partial charge in [-0.3, -0.25) is 0 Å². The Morgan fingerprint density at radius 2 is 2.35 bits per heavy atom. The molecule has 1 aliphatic rings. The number of phenolic OH excluding ortho intramolecular Hbond substituents is 1. The zero-order valence-electron chi connectivity index (χ0n) is 11.6. The SMILES string of the molecule is CCO[C@@]1(C)C[C@H]1NC(=O)NCc1cccc(Cl)c1O. The van der Waals surface area contributed by atoms with Crippen LogP contribution in [-0.4, -0.2) is 29.4 Å². The smallest absolute Gasteiger partial charge is 0.315 e. The first-order valence-electron chi connectivity index (χ1n) is 6.61. The van der Waals surface area contributed by atoms with Gasteiger partial charge in [-0.15, -0.1) is 0 Å². The molecule has 0 heterocycles. The molecule has 0 radical (unpaired) electrons. The van der Waals surface area contributed by atoms with Crippen molar-refractivity contribution >= 4 is 17.6 Å². The maximum Gasteiger partial charge on any atom is 0.315 e. The summed E-state index contributed by atoms with van der Waals surface area (Å²) in [5.74, 6) is 0.0000401. The van der Waals surface area contributed by atoms with Gasteiger partial charge in [-0.1, -0.05) is 23.7 Å². The predicted molar refractivity (Wildman–Crippen MR) is 76.9 cm³/mol. The van der Waals surface area contributed by atoms with Gasteiger partial charge in [0, 0.05) is 25.1 Å². The molecule has 0 aromatic heterocycles. The van der Waals surface area contributed by atoms with Crippen molar-refractivity contribution in [1.82, 2.24) is 10.6 Å². The van der Waals surface area contributed by atoms with E-state index in [-0.39, 0.29) is 35.0 Å². The van der Waals surface area contributed by atoms with Crippen molar-refractivity contribution in [2.45, 2.75) is 38.5 Å². The largest absolute Gasteiger partial charge is 0.506 e. The van der Waals surface area contributed by atoms with E-state index in [0.29, 0.717) is 12.2 Å². The average Bonchev–Trinajstić information content (AvgIpc) is 3.01. The Balaban J connectivity index is 1.80. The molecule has 0 aliphatic heterocycles. The third-order valence-corrected chi connectivity index (χ3v) is 3.78. The summed E-state index contributed by atoms with van der Waals surface area (Å²) in [6.07, 6.45) is 0.816. The summed E-state index contributed by atoms with van der Waals surface area (Å²) in [7, 11) is 0. The predicted octanol–water partition coefficient (Wildman–Crippen LogP) is 2.41. The van der Waals surface area contributed by atoms with Crippen LogP contribution in [-0.2, 0) is 11.3 Å². The monoisotopic (exact) mass is 298 g/mol. The molecule has 1 aromatic carbocycles. The molecule has 2 amide bonds. The Labute approximate surface area is 123 Å². The summed E-state index contributed by atoms with van der Waals surface area (Å²) in [4.78, 5) is 11.8. The standard InChI is InChI=1S/C14H19ClN2O3/c1-3-20-14(2)7-11(14)17-13(19)16-8-9-5-4-6-10(15)12(9)18/h4-6,11,18H,3,7-8H2,1-2H3,(H2,16,17,19)/t11-,14+/m1/s1. The second kappa shape index (κ2) is 5.89. The number of para-hydroxylation sites is 1. The number of carbonyl (C=O) groups excluding carboxylic acids is 1. The Morgan fingerprint density at radius 1 is 1.60 bits per heavy atom. The van der Waals surface area contributed by atoms with E-state index in [9.17, 15) is 9.90 Å². The lowest BCUT2D eigenvalue weighted by molar-refractivity contribution is 0.0492. The van der Waals surface area contributed by atoms with Crippen molar-refractivity contribution in [3.63, 3.8) is 0 Å². The normalized spacial score (nSPS) is 24.2. The summed E-state index contributed by atoms with van der Waals surface area (Å²) in [5, 5.41) is 15.5. The van der Waals surface area contributed by atoms with Crippen LogP contribution in [0.2, 0.25) is 5.02 Å². The van der Waals surface area contributed by atoms with E-state index in [1.165, 1.54) is 0 Å². The van der Waals surface area contributed by atoms with E-state index in [0.717, 1.165) is 6.42 Å². The van der Waals surface area contributed by atoms with Gasteiger partial charge in [0.2, 0.25) is 0 Å². The van der Waals surface area contributed by atoms with E-state index in [1.54, 1.807) is 18.2 Å². The Hall–Kier alpha value is -1.46. The molecule has 0 saturated heterocycles. The zero-order valence-corrected chi connectivity index (χ0v) is 12.3. The van der Waals surface area contributed by atoms with Crippen LogP contribution < -0.4 is 10.6 Å². The molecule has 110 valence electrons. The molecule has 1 saturated carbocycles. The highest BCUT2D eigenvalue weighted by molar-refractivity contribution is 6.32. The number of hydrogen-bond donors (Lipinski definition) is 3. The van der Waals surface area contributed by atoms with Gasteiger partial charge in [0.25, 0.3) is 0 Å². The minimum atomic E-state index is -0.280. The molecule has 20 heavy (non-hydrogen) atoms. The fraction of sp³-hybridized carbons (Fsp3) is 0.500. The van der Waals surface area contributed by atoms with E-state index in [2.05, 4.69) is 10.6 Å². The minimum absolute atomic E-state index is 0.0000401. The molecule has 3 N–H and O–H groups in total. The van der Waals surface area contributed by atoms with Gasteiger partial charge in [-0.25, -0.2) is 4.79 Å². The number of nitrogens with one attached hydrogen (secondary N) is 2. The molecule has 5 nitrogen and oxygen atoms in total. The molecule has 1 aromatic rings. The summed E-state index contributed by atoms with van der Waals surface area (Å²) >= 11 is 5.80. The number of benzene rings is 1. The Bertz CT molecular complexity index is 509.